The Kier molecular flexibility index (Phi) is 9.14. The van der Waals surface area contributed by atoms with Crippen molar-refractivity contribution in [1.82, 2.24) is 4.72 Å². The van der Waals surface area contributed by atoms with Gasteiger partial charge < -0.3 is 4.74 Å². The molecule has 0 aromatic carbocycles. The van der Waals surface area contributed by atoms with E-state index in [1.807, 2.05) is 0 Å². The van der Waals surface area contributed by atoms with Crippen LogP contribution < -0.4 is 4.72 Å². The zero-order valence-electron chi connectivity index (χ0n) is 7.41. The lowest BCUT2D eigenvalue weighted by Gasteiger charge is -2.02. The number of unbranched alkanes of at least 4 members (excludes halogenated alkanes) is 1. The molecule has 1 unspecified atom stereocenters. The molecule has 1 atom stereocenters. The van der Waals surface area contributed by atoms with Gasteiger partial charge in [0.2, 0.25) is 11.3 Å². The van der Waals surface area contributed by atoms with Crippen LogP contribution in [0.2, 0.25) is 0 Å². The minimum absolute atomic E-state index is 0.523. The van der Waals surface area contributed by atoms with Crippen LogP contribution in [0.25, 0.3) is 0 Å². The predicted molar refractivity (Wildman–Crippen MR) is 49.1 cm³/mol. The van der Waals surface area contributed by atoms with Crippen molar-refractivity contribution in [2.24, 2.45) is 0 Å². The summed E-state index contributed by atoms with van der Waals surface area (Å²) in [5.41, 5.74) is 0. The van der Waals surface area contributed by atoms with Crippen LogP contribution in [0.4, 0.5) is 0 Å². The molecular weight excluding hydrogens is 178 g/mol. The van der Waals surface area contributed by atoms with Crippen LogP contribution in [0.15, 0.2) is 0 Å². The average molecular weight is 195 g/mol. The van der Waals surface area contributed by atoms with Crippen molar-refractivity contribution in [3.05, 3.63) is 0 Å². The number of ether oxygens (including phenoxy) is 1. The van der Waals surface area contributed by atoms with Crippen LogP contribution in [0.1, 0.15) is 26.2 Å². The average Bonchev–Trinajstić information content (AvgIpc) is 2.02. The molecule has 0 amide bonds. The van der Waals surface area contributed by atoms with Crippen LogP contribution >= 0.6 is 0 Å². The first-order valence-electron chi connectivity index (χ1n) is 4.19. The van der Waals surface area contributed by atoms with E-state index in [1.54, 1.807) is 0 Å². The molecule has 0 aliphatic heterocycles. The van der Waals surface area contributed by atoms with E-state index >= 15 is 0 Å². The molecule has 0 rings (SSSR count). The lowest BCUT2D eigenvalue weighted by molar-refractivity contribution is 0.130. The van der Waals surface area contributed by atoms with Gasteiger partial charge in [0.05, 0.1) is 0 Å². The molecule has 2 N–H and O–H groups in total. The van der Waals surface area contributed by atoms with Gasteiger partial charge in [0.25, 0.3) is 0 Å². The number of hydrogen-bond acceptors (Lipinski definition) is 2. The topological polar surface area (TPSA) is 58.6 Å². The van der Waals surface area contributed by atoms with Crippen molar-refractivity contribution in [1.29, 1.82) is 0 Å². The summed E-state index contributed by atoms with van der Waals surface area (Å²) < 4.78 is 26.0. The van der Waals surface area contributed by atoms with Crippen molar-refractivity contribution in [2.45, 2.75) is 26.2 Å². The Balaban J connectivity index is 2.86. The maximum atomic E-state index is 10.1. The molecule has 0 aromatic heterocycles. The molecule has 4 nitrogen and oxygen atoms in total. The standard InChI is InChI=1S/C7H17NO3S/c1-2-3-6-11-7-4-5-8-12(9)10/h8H,2-7H2,1H3,(H,9,10). The minimum Gasteiger partial charge on any atom is -0.381 e. The molecule has 0 aliphatic carbocycles. The molecule has 0 saturated heterocycles. The fourth-order valence-corrected chi connectivity index (χ4v) is 1.00. The smallest absolute Gasteiger partial charge is 0.231 e. The van der Waals surface area contributed by atoms with Crippen molar-refractivity contribution < 1.29 is 13.5 Å². The van der Waals surface area contributed by atoms with Gasteiger partial charge in [-0.25, -0.2) is 8.93 Å². The third-order valence-electron chi connectivity index (χ3n) is 1.33. The van der Waals surface area contributed by atoms with Gasteiger partial charge in [-0.15, -0.1) is 0 Å². The quantitative estimate of drug-likeness (QED) is 0.447. The van der Waals surface area contributed by atoms with E-state index in [2.05, 4.69) is 11.6 Å². The second-order valence-corrected chi connectivity index (χ2v) is 3.25. The van der Waals surface area contributed by atoms with Gasteiger partial charge in [-0.1, -0.05) is 13.3 Å². The summed E-state index contributed by atoms with van der Waals surface area (Å²) >= 11 is -1.88. The molecule has 12 heavy (non-hydrogen) atoms. The number of hydrogen-bond donors (Lipinski definition) is 2. The van der Waals surface area contributed by atoms with Crippen LogP contribution in [0.3, 0.4) is 0 Å². The molecule has 0 saturated carbocycles. The Hall–Kier alpha value is 0.0300. The molecule has 0 radical (unpaired) electrons. The first-order chi connectivity index (χ1) is 5.77. The molecule has 5 heteroatoms. The van der Waals surface area contributed by atoms with Crippen molar-refractivity contribution in [3.63, 3.8) is 0 Å². The van der Waals surface area contributed by atoms with Gasteiger partial charge in [-0.05, 0) is 12.8 Å². The lowest BCUT2D eigenvalue weighted by Crippen LogP contribution is -2.18. The van der Waals surface area contributed by atoms with Gasteiger partial charge >= 0.3 is 0 Å². The van der Waals surface area contributed by atoms with E-state index in [-0.39, 0.29) is 0 Å². The largest absolute Gasteiger partial charge is 0.381 e. The maximum Gasteiger partial charge on any atom is 0.231 e. The molecule has 0 fully saturated rings. The number of nitrogens with one attached hydrogen (secondary N) is 1. The van der Waals surface area contributed by atoms with E-state index in [0.717, 1.165) is 25.9 Å². The zero-order valence-corrected chi connectivity index (χ0v) is 8.23. The van der Waals surface area contributed by atoms with E-state index in [0.29, 0.717) is 13.2 Å². The van der Waals surface area contributed by atoms with Gasteiger partial charge in [-0.3, -0.25) is 4.55 Å². The Labute approximate surface area is 76.1 Å². The van der Waals surface area contributed by atoms with Crippen molar-refractivity contribution in [3.8, 4) is 0 Å². The monoisotopic (exact) mass is 195 g/mol. The molecular formula is C7H17NO3S. The van der Waals surface area contributed by atoms with E-state index in [1.165, 1.54) is 0 Å². The fraction of sp³-hybridized carbons (Fsp3) is 1.00. The SMILES string of the molecule is CCCCOCCCNS(=O)O. The Morgan fingerprint density at radius 2 is 2.08 bits per heavy atom. The highest BCUT2D eigenvalue weighted by Gasteiger charge is 1.91. The van der Waals surface area contributed by atoms with E-state index < -0.39 is 11.3 Å². The zero-order chi connectivity index (χ0) is 9.23. The highest BCUT2D eigenvalue weighted by Crippen LogP contribution is 1.88. The van der Waals surface area contributed by atoms with Crippen molar-refractivity contribution in [2.75, 3.05) is 19.8 Å². The summed E-state index contributed by atoms with van der Waals surface area (Å²) in [6, 6.07) is 0. The van der Waals surface area contributed by atoms with Crippen molar-refractivity contribution >= 4 is 11.3 Å². The Morgan fingerprint density at radius 3 is 2.67 bits per heavy atom. The third kappa shape index (κ3) is 10.0. The van der Waals surface area contributed by atoms with Crippen LogP contribution in [0.5, 0.6) is 0 Å². The molecule has 0 spiro atoms. The molecule has 0 aromatic rings. The summed E-state index contributed by atoms with van der Waals surface area (Å²) in [6.45, 7) is 4.08. The highest BCUT2D eigenvalue weighted by atomic mass is 32.2. The summed E-state index contributed by atoms with van der Waals surface area (Å²) in [6.07, 6.45) is 2.99. The van der Waals surface area contributed by atoms with Crippen LogP contribution in [-0.4, -0.2) is 28.5 Å². The first kappa shape index (κ1) is 12.0. The van der Waals surface area contributed by atoms with Gasteiger partial charge in [0, 0.05) is 19.8 Å². The normalized spacial score (nSPS) is 13.2. The first-order valence-corrected chi connectivity index (χ1v) is 5.30. The minimum atomic E-state index is -1.88. The van der Waals surface area contributed by atoms with Crippen LogP contribution in [0, 0.1) is 0 Å². The van der Waals surface area contributed by atoms with Gasteiger partial charge in [-0.2, -0.15) is 0 Å². The molecule has 0 aliphatic rings. The molecule has 0 bridgehead atoms. The molecule has 74 valence electrons. The highest BCUT2D eigenvalue weighted by molar-refractivity contribution is 7.77. The second-order valence-electron chi connectivity index (χ2n) is 2.46. The van der Waals surface area contributed by atoms with E-state index in [9.17, 15) is 4.21 Å². The second kappa shape index (κ2) is 9.12. The van der Waals surface area contributed by atoms with Crippen LogP contribution in [-0.2, 0) is 16.0 Å². The fourth-order valence-electron chi connectivity index (χ4n) is 0.682. The Morgan fingerprint density at radius 1 is 1.42 bits per heavy atom. The predicted octanol–water partition coefficient (Wildman–Crippen LogP) is 0.919. The Bertz CT molecular complexity index is 121. The maximum absolute atomic E-state index is 10.1. The van der Waals surface area contributed by atoms with E-state index in [4.69, 9.17) is 9.29 Å². The summed E-state index contributed by atoms with van der Waals surface area (Å²) in [5.74, 6) is 0. The number of rotatable bonds is 8. The van der Waals surface area contributed by atoms with Gasteiger partial charge in [0.1, 0.15) is 0 Å². The summed E-state index contributed by atoms with van der Waals surface area (Å²) in [5, 5.41) is 0. The van der Waals surface area contributed by atoms with Gasteiger partial charge in [0.15, 0.2) is 0 Å². The third-order valence-corrected chi connectivity index (χ3v) is 1.78. The molecule has 0 heterocycles. The summed E-state index contributed by atoms with van der Waals surface area (Å²) in [4.78, 5) is 0. The summed E-state index contributed by atoms with van der Waals surface area (Å²) in [7, 11) is 0. The lowest BCUT2D eigenvalue weighted by atomic mass is 10.4.